The highest BCUT2D eigenvalue weighted by Gasteiger charge is 2.16. The first-order chi connectivity index (χ1) is 15.4. The fraction of sp³-hybridized carbons (Fsp3) is 0.273. The minimum Gasteiger partial charge on any atom is -0.351 e. The Bertz CT molecular complexity index is 1040. The molecule has 32 heavy (non-hydrogen) atoms. The smallest absolute Gasteiger partial charge is 0.282 e. The Morgan fingerprint density at radius 1 is 0.906 bits per heavy atom. The van der Waals surface area contributed by atoms with Crippen LogP contribution in [0.15, 0.2) is 48.5 Å². The van der Waals surface area contributed by atoms with Gasteiger partial charge in [0.25, 0.3) is 5.91 Å². The van der Waals surface area contributed by atoms with E-state index in [0.717, 1.165) is 22.5 Å². The van der Waals surface area contributed by atoms with Gasteiger partial charge in [0.15, 0.2) is 0 Å². The summed E-state index contributed by atoms with van der Waals surface area (Å²) < 4.78 is 25.9. The average Bonchev–Trinajstić information content (AvgIpc) is 3.26. The largest absolute Gasteiger partial charge is 0.351 e. The lowest BCUT2D eigenvalue weighted by Crippen LogP contribution is -2.36. The molecule has 0 aliphatic rings. The van der Waals surface area contributed by atoms with Crippen LogP contribution < -0.4 is 10.6 Å². The molecule has 168 valence electrons. The van der Waals surface area contributed by atoms with Crippen LogP contribution in [0.5, 0.6) is 0 Å². The number of carbonyl (C=O) groups excluding carboxylic acids is 2. The van der Waals surface area contributed by atoms with E-state index in [1.807, 2.05) is 11.8 Å². The molecule has 0 fully saturated rings. The molecule has 0 saturated carbocycles. The molecule has 0 spiro atoms. The number of rotatable bonds is 10. The number of nitrogens with zero attached hydrogens (tertiary/aromatic N) is 3. The first-order valence-corrected chi connectivity index (χ1v) is 10.8. The zero-order chi connectivity index (χ0) is 22.9. The number of carbonyl (C=O) groups is 2. The maximum Gasteiger partial charge on any atom is 0.282 e. The zero-order valence-electron chi connectivity index (χ0n) is 17.5. The van der Waals surface area contributed by atoms with Crippen LogP contribution in [0.4, 0.5) is 8.78 Å². The van der Waals surface area contributed by atoms with Gasteiger partial charge in [-0.3, -0.25) is 14.5 Å². The van der Waals surface area contributed by atoms with Crippen LogP contribution in [-0.4, -0.2) is 40.0 Å². The summed E-state index contributed by atoms with van der Waals surface area (Å²) in [7, 11) is 0. The molecule has 7 nitrogen and oxygen atoms in total. The Hall–Kier alpha value is -3.24. The van der Waals surface area contributed by atoms with Crippen molar-refractivity contribution >= 4 is 23.2 Å². The molecule has 1 aromatic heterocycles. The van der Waals surface area contributed by atoms with Gasteiger partial charge in [-0.25, -0.2) is 8.78 Å². The molecule has 0 atom stereocenters. The fourth-order valence-corrected chi connectivity index (χ4v) is 3.60. The lowest BCUT2D eigenvalue weighted by atomic mass is 10.2. The van der Waals surface area contributed by atoms with E-state index in [-0.39, 0.29) is 41.5 Å². The van der Waals surface area contributed by atoms with E-state index >= 15 is 0 Å². The highest BCUT2D eigenvalue weighted by atomic mass is 32.1. The van der Waals surface area contributed by atoms with Crippen LogP contribution in [0, 0.1) is 11.6 Å². The lowest BCUT2D eigenvalue weighted by Gasteiger charge is -2.18. The second-order valence-corrected chi connectivity index (χ2v) is 8.08. The van der Waals surface area contributed by atoms with Gasteiger partial charge in [0.2, 0.25) is 10.9 Å². The maximum absolute atomic E-state index is 13.0. The van der Waals surface area contributed by atoms with Crippen LogP contribution in [0.25, 0.3) is 0 Å². The summed E-state index contributed by atoms with van der Waals surface area (Å²) >= 11 is 1.16. The molecule has 2 aromatic carbocycles. The number of nitrogens with one attached hydrogen (secondary N) is 2. The van der Waals surface area contributed by atoms with Gasteiger partial charge in [0.1, 0.15) is 16.6 Å². The van der Waals surface area contributed by atoms with Crippen molar-refractivity contribution in [2.45, 2.75) is 26.6 Å². The molecule has 3 rings (SSSR count). The lowest BCUT2D eigenvalue weighted by molar-refractivity contribution is -0.122. The molecule has 0 unspecified atom stereocenters. The summed E-state index contributed by atoms with van der Waals surface area (Å²) in [5.74, 6) is -1.19. The number of amides is 2. The normalized spacial score (nSPS) is 10.9. The van der Waals surface area contributed by atoms with E-state index in [0.29, 0.717) is 24.6 Å². The summed E-state index contributed by atoms with van der Waals surface area (Å²) in [5, 5.41) is 14.4. The van der Waals surface area contributed by atoms with Crippen molar-refractivity contribution in [2.24, 2.45) is 0 Å². The standard InChI is InChI=1S/C22H23F2N5O2S/c1-2-29(13-19(30)25-11-15-3-7-17(23)8-4-15)14-20-27-28-22(32-20)21(31)26-12-16-5-9-18(24)10-6-16/h3-10H,2,11-14H2,1H3,(H,25,30)(H,26,31). The van der Waals surface area contributed by atoms with E-state index in [9.17, 15) is 18.4 Å². The molecule has 1 heterocycles. The first-order valence-electron chi connectivity index (χ1n) is 10.0. The quantitative estimate of drug-likeness (QED) is 0.487. The minimum atomic E-state index is -0.363. The molecule has 0 bridgehead atoms. The van der Waals surface area contributed by atoms with E-state index in [1.165, 1.54) is 24.3 Å². The summed E-state index contributed by atoms with van der Waals surface area (Å²) in [6.45, 7) is 3.63. The number of hydrogen-bond donors (Lipinski definition) is 2. The van der Waals surface area contributed by atoms with Crippen LogP contribution in [0.1, 0.15) is 32.9 Å². The number of hydrogen-bond acceptors (Lipinski definition) is 6. The summed E-state index contributed by atoms with van der Waals surface area (Å²) in [6, 6.07) is 11.8. The Labute approximate surface area is 188 Å². The molecule has 0 aliphatic carbocycles. The van der Waals surface area contributed by atoms with Crippen molar-refractivity contribution in [3.05, 3.63) is 81.3 Å². The monoisotopic (exact) mass is 459 g/mol. The van der Waals surface area contributed by atoms with Crippen molar-refractivity contribution < 1.29 is 18.4 Å². The number of halogens is 2. The third kappa shape index (κ3) is 7.17. The Kier molecular flexibility index (Phi) is 8.34. The molecule has 2 N–H and O–H groups in total. The van der Waals surface area contributed by atoms with Gasteiger partial charge in [-0.05, 0) is 41.9 Å². The second kappa shape index (κ2) is 11.4. The number of benzene rings is 2. The van der Waals surface area contributed by atoms with Gasteiger partial charge in [-0.2, -0.15) is 0 Å². The molecule has 0 radical (unpaired) electrons. The van der Waals surface area contributed by atoms with Crippen molar-refractivity contribution in [3.8, 4) is 0 Å². The minimum absolute atomic E-state index is 0.156. The van der Waals surface area contributed by atoms with Crippen LogP contribution in [0.3, 0.4) is 0 Å². The fourth-order valence-electron chi connectivity index (χ4n) is 2.80. The molecular weight excluding hydrogens is 436 g/mol. The maximum atomic E-state index is 13.0. The molecule has 0 saturated heterocycles. The third-order valence-electron chi connectivity index (χ3n) is 4.60. The molecular formula is C22H23F2N5O2S. The van der Waals surface area contributed by atoms with E-state index in [4.69, 9.17) is 0 Å². The summed E-state index contributed by atoms with van der Waals surface area (Å²) in [5.41, 5.74) is 1.58. The Balaban J connectivity index is 1.46. The number of likely N-dealkylation sites (N-methyl/N-ethyl adjacent to an activating group) is 1. The predicted octanol–water partition coefficient (Wildman–Crippen LogP) is 2.88. The van der Waals surface area contributed by atoms with Crippen LogP contribution in [-0.2, 0) is 24.4 Å². The van der Waals surface area contributed by atoms with Gasteiger partial charge < -0.3 is 10.6 Å². The van der Waals surface area contributed by atoms with Gasteiger partial charge in [-0.1, -0.05) is 42.5 Å². The van der Waals surface area contributed by atoms with Gasteiger partial charge >= 0.3 is 0 Å². The van der Waals surface area contributed by atoms with E-state index < -0.39 is 0 Å². The van der Waals surface area contributed by atoms with E-state index in [1.54, 1.807) is 24.3 Å². The van der Waals surface area contributed by atoms with Crippen LogP contribution in [0.2, 0.25) is 0 Å². The van der Waals surface area contributed by atoms with Gasteiger partial charge in [0, 0.05) is 13.1 Å². The van der Waals surface area contributed by atoms with Crippen LogP contribution >= 0.6 is 11.3 Å². The molecule has 0 aliphatic heterocycles. The summed E-state index contributed by atoms with van der Waals surface area (Å²) in [4.78, 5) is 26.4. The highest BCUT2D eigenvalue weighted by molar-refractivity contribution is 7.13. The zero-order valence-corrected chi connectivity index (χ0v) is 18.3. The van der Waals surface area contributed by atoms with Crippen molar-refractivity contribution in [3.63, 3.8) is 0 Å². The van der Waals surface area contributed by atoms with Crippen molar-refractivity contribution in [1.29, 1.82) is 0 Å². The third-order valence-corrected chi connectivity index (χ3v) is 5.51. The SMILES string of the molecule is CCN(CC(=O)NCc1ccc(F)cc1)Cc1nnc(C(=O)NCc2ccc(F)cc2)s1. The number of aromatic nitrogens is 2. The van der Waals surface area contributed by atoms with Crippen molar-refractivity contribution in [1.82, 2.24) is 25.7 Å². The Morgan fingerprint density at radius 2 is 1.47 bits per heavy atom. The predicted molar refractivity (Wildman–Crippen MR) is 117 cm³/mol. The molecule has 3 aromatic rings. The van der Waals surface area contributed by atoms with E-state index in [2.05, 4.69) is 20.8 Å². The van der Waals surface area contributed by atoms with Gasteiger partial charge in [-0.15, -0.1) is 10.2 Å². The van der Waals surface area contributed by atoms with Crippen molar-refractivity contribution in [2.75, 3.05) is 13.1 Å². The molecule has 2 amide bonds. The molecule has 10 heteroatoms. The first kappa shape index (κ1) is 23.4. The highest BCUT2D eigenvalue weighted by Crippen LogP contribution is 2.13. The topological polar surface area (TPSA) is 87.2 Å². The second-order valence-electron chi connectivity index (χ2n) is 7.02. The van der Waals surface area contributed by atoms with Gasteiger partial charge in [0.05, 0.1) is 13.1 Å². The average molecular weight is 460 g/mol. The Morgan fingerprint density at radius 3 is 2.03 bits per heavy atom. The summed E-state index contributed by atoms with van der Waals surface area (Å²) in [6.07, 6.45) is 0.